The number of amides is 1. The Morgan fingerprint density at radius 3 is 2.70 bits per heavy atom. The molecule has 5 aliphatic rings. The van der Waals surface area contributed by atoms with E-state index in [1.807, 2.05) is 27.8 Å². The van der Waals surface area contributed by atoms with E-state index in [9.17, 15) is 14.0 Å². The van der Waals surface area contributed by atoms with E-state index in [0.717, 1.165) is 79.5 Å². The lowest BCUT2D eigenvalue weighted by Gasteiger charge is -2.46. The number of carbonyl (C=O) groups is 1. The minimum Gasteiger partial charge on any atom is -0.388 e. The van der Waals surface area contributed by atoms with Gasteiger partial charge >= 0.3 is 5.76 Å². The van der Waals surface area contributed by atoms with Gasteiger partial charge in [-0.05, 0) is 81.0 Å². The fourth-order valence-electron chi connectivity index (χ4n) is 8.12. The van der Waals surface area contributed by atoms with Crippen LogP contribution in [-0.4, -0.2) is 59.8 Å². The average molecular weight is 622 g/mol. The molecule has 1 saturated carbocycles. The summed E-state index contributed by atoms with van der Waals surface area (Å²) in [6.07, 6.45) is 13.0. The van der Waals surface area contributed by atoms with Gasteiger partial charge in [-0.3, -0.25) is 14.8 Å². The van der Waals surface area contributed by atoms with Crippen LogP contribution in [0.2, 0.25) is 0 Å². The maximum Gasteiger partial charge on any atom is 0.434 e. The number of carbonyl (C=O) groups excluding carboxylic acids is 1. The molecule has 5 aromatic rings. The highest BCUT2D eigenvalue weighted by molar-refractivity contribution is 6.08. The van der Waals surface area contributed by atoms with Gasteiger partial charge in [-0.15, -0.1) is 5.10 Å². The number of ether oxygens (including phenoxy) is 1. The average Bonchev–Trinajstić information content (AvgIpc) is 3.88. The highest BCUT2D eigenvalue weighted by Gasteiger charge is 2.46. The number of hydrogen-bond donors (Lipinski definition) is 1. The molecule has 0 unspecified atom stereocenters. The van der Waals surface area contributed by atoms with E-state index in [2.05, 4.69) is 15.2 Å². The molecule has 1 amide bonds. The summed E-state index contributed by atoms with van der Waals surface area (Å²) in [5.41, 5.74) is 5.56. The van der Waals surface area contributed by atoms with Crippen molar-refractivity contribution < 1.29 is 18.3 Å². The van der Waals surface area contributed by atoms with Gasteiger partial charge in [-0.1, -0.05) is 0 Å². The highest BCUT2D eigenvalue weighted by Crippen LogP contribution is 2.50. The number of aromatic nitrogens is 6. The van der Waals surface area contributed by atoms with E-state index in [4.69, 9.17) is 19.1 Å². The third kappa shape index (κ3) is 4.41. The SMILES string of the molecule is O=C1c2c(nc(CCC34CCC(CC3)OC4)c(-c3n[nH]c(=O)o3)c2-c2cnc3c(ccn3Cc3ccc(F)cn3)c2)[C@@H]2CCCN12. The van der Waals surface area contributed by atoms with Crippen molar-refractivity contribution >= 4 is 16.9 Å². The number of aryl methyl sites for hydroxylation is 1. The number of nitrogens with one attached hydrogen (secondary N) is 1. The Balaban J connectivity index is 1.20. The summed E-state index contributed by atoms with van der Waals surface area (Å²) in [5.74, 6) is -1.00. The van der Waals surface area contributed by atoms with Crippen LogP contribution in [0.1, 0.15) is 78.4 Å². The van der Waals surface area contributed by atoms with E-state index in [1.54, 1.807) is 12.3 Å². The first-order valence-corrected chi connectivity index (χ1v) is 16.1. The topological polar surface area (TPSA) is 132 Å². The van der Waals surface area contributed by atoms with E-state index in [1.165, 1.54) is 12.3 Å². The van der Waals surface area contributed by atoms with Crippen molar-refractivity contribution in [2.75, 3.05) is 13.2 Å². The van der Waals surface area contributed by atoms with E-state index < -0.39 is 5.76 Å². The van der Waals surface area contributed by atoms with Crippen molar-refractivity contribution in [3.63, 3.8) is 0 Å². The molecule has 9 heterocycles. The molecule has 0 radical (unpaired) electrons. The quantitative estimate of drug-likeness (QED) is 0.262. The monoisotopic (exact) mass is 621 g/mol. The third-order valence-corrected chi connectivity index (χ3v) is 10.5. The van der Waals surface area contributed by atoms with E-state index in [0.29, 0.717) is 48.0 Å². The largest absolute Gasteiger partial charge is 0.434 e. The lowest BCUT2D eigenvalue weighted by Crippen LogP contribution is -2.42. The van der Waals surface area contributed by atoms with Gasteiger partial charge in [0.15, 0.2) is 0 Å². The molecule has 5 aromatic heterocycles. The Labute approximate surface area is 262 Å². The molecule has 10 rings (SSSR count). The lowest BCUT2D eigenvalue weighted by molar-refractivity contribution is -0.117. The smallest absolute Gasteiger partial charge is 0.388 e. The first kappa shape index (κ1) is 27.6. The van der Waals surface area contributed by atoms with Crippen LogP contribution in [0, 0.1) is 11.2 Å². The van der Waals surface area contributed by atoms with Crippen molar-refractivity contribution in [1.29, 1.82) is 0 Å². The van der Waals surface area contributed by atoms with Crippen LogP contribution in [0.25, 0.3) is 33.6 Å². The van der Waals surface area contributed by atoms with Crippen LogP contribution < -0.4 is 5.76 Å². The maximum atomic E-state index is 14.1. The van der Waals surface area contributed by atoms with Gasteiger partial charge < -0.3 is 18.6 Å². The fourth-order valence-corrected chi connectivity index (χ4v) is 8.12. The number of H-pyrrole nitrogens is 1. The molecule has 46 heavy (non-hydrogen) atoms. The zero-order chi connectivity index (χ0) is 31.0. The molecule has 234 valence electrons. The summed E-state index contributed by atoms with van der Waals surface area (Å²) >= 11 is 0. The Bertz CT molecular complexity index is 2040. The predicted molar refractivity (Wildman–Crippen MR) is 164 cm³/mol. The van der Waals surface area contributed by atoms with Crippen LogP contribution in [0.5, 0.6) is 0 Å². The molecular formula is C34H32FN7O4. The van der Waals surface area contributed by atoms with Crippen LogP contribution in [0.4, 0.5) is 4.39 Å². The normalized spacial score (nSPS) is 23.4. The zero-order valence-corrected chi connectivity index (χ0v) is 25.2. The van der Waals surface area contributed by atoms with Crippen LogP contribution >= 0.6 is 0 Å². The van der Waals surface area contributed by atoms with Gasteiger partial charge in [0.2, 0.25) is 0 Å². The summed E-state index contributed by atoms with van der Waals surface area (Å²) in [6, 6.07) is 6.95. The number of halogens is 1. The zero-order valence-electron chi connectivity index (χ0n) is 25.2. The molecule has 11 nitrogen and oxygen atoms in total. The van der Waals surface area contributed by atoms with E-state index >= 15 is 0 Å². The van der Waals surface area contributed by atoms with Gasteiger partial charge in [0, 0.05) is 35.5 Å². The second kappa shape index (κ2) is 10.4. The second-order valence-electron chi connectivity index (χ2n) is 13.2. The molecule has 4 aliphatic heterocycles. The number of nitrogens with zero attached hydrogens (tertiary/aromatic N) is 6. The Morgan fingerprint density at radius 1 is 1.04 bits per heavy atom. The van der Waals surface area contributed by atoms with Gasteiger partial charge in [-0.2, -0.15) is 0 Å². The molecule has 0 spiro atoms. The van der Waals surface area contributed by atoms with Crippen molar-refractivity contribution in [2.24, 2.45) is 5.41 Å². The molecule has 12 heteroatoms. The summed E-state index contributed by atoms with van der Waals surface area (Å²) < 4.78 is 27.1. The second-order valence-corrected chi connectivity index (χ2v) is 13.2. The third-order valence-electron chi connectivity index (χ3n) is 10.5. The molecule has 1 atom stereocenters. The maximum absolute atomic E-state index is 14.1. The lowest BCUT2D eigenvalue weighted by atomic mass is 9.68. The van der Waals surface area contributed by atoms with Crippen molar-refractivity contribution in [1.82, 2.24) is 34.6 Å². The standard InChI is InChI=1S/C34H32FN7O4/c35-21-3-4-22(36-16-21)17-41-13-8-19-14-20(15-37-30(19)41)26-27(31-39-40-33(44)46-31)24(7-11-34-9-5-23(6-10-34)45-18-34)38-29-25-2-1-12-42(25)32(43)28(26)29/h3-4,8,13-16,23,25H,1-2,5-7,9-12,17-18H2,(H,40,44)/t23?,25-,34?/m0/s1. The summed E-state index contributed by atoms with van der Waals surface area (Å²) in [4.78, 5) is 42.6. The number of pyridine rings is 3. The van der Waals surface area contributed by atoms with E-state index in [-0.39, 0.29) is 29.1 Å². The number of fused-ring (bicyclic) bond motifs is 7. The molecule has 0 aromatic carbocycles. The van der Waals surface area contributed by atoms with Crippen molar-refractivity contribution in [3.05, 3.63) is 81.9 Å². The number of rotatable bonds is 7. The first-order chi connectivity index (χ1) is 22.4. The molecular weight excluding hydrogens is 589 g/mol. The summed E-state index contributed by atoms with van der Waals surface area (Å²) in [5, 5.41) is 7.54. The Hall–Kier alpha value is -4.71. The van der Waals surface area contributed by atoms with Crippen molar-refractivity contribution in [3.8, 4) is 22.6 Å². The number of hydrogen-bond acceptors (Lipinski definition) is 8. The summed E-state index contributed by atoms with van der Waals surface area (Å²) in [7, 11) is 0. The van der Waals surface area contributed by atoms with Crippen LogP contribution in [0.3, 0.4) is 0 Å². The van der Waals surface area contributed by atoms with Crippen molar-refractivity contribution in [2.45, 2.75) is 70.1 Å². The Morgan fingerprint density at radius 2 is 1.93 bits per heavy atom. The van der Waals surface area contributed by atoms with Crippen LogP contribution in [-0.2, 0) is 17.7 Å². The molecule has 1 aliphatic carbocycles. The minimum absolute atomic E-state index is 0.0664. The first-order valence-electron chi connectivity index (χ1n) is 16.1. The number of aromatic amines is 1. The molecule has 2 bridgehead atoms. The summed E-state index contributed by atoms with van der Waals surface area (Å²) in [6.45, 7) is 1.86. The molecule has 1 N–H and O–H groups in total. The molecule has 4 fully saturated rings. The highest BCUT2D eigenvalue weighted by atomic mass is 19.1. The molecule has 3 saturated heterocycles. The van der Waals surface area contributed by atoms with Gasteiger partial charge in [0.25, 0.3) is 11.8 Å². The van der Waals surface area contributed by atoms with Gasteiger partial charge in [0.1, 0.15) is 11.5 Å². The fraction of sp³-hybridized carbons (Fsp3) is 0.412. The van der Waals surface area contributed by atoms with Gasteiger partial charge in [-0.25, -0.2) is 19.3 Å². The van der Waals surface area contributed by atoms with Crippen LogP contribution in [0.15, 0.2) is 52.1 Å². The predicted octanol–water partition coefficient (Wildman–Crippen LogP) is 5.21. The minimum atomic E-state index is -0.669. The Kier molecular flexibility index (Phi) is 6.24. The van der Waals surface area contributed by atoms with Gasteiger partial charge in [0.05, 0.1) is 59.7 Å².